The second kappa shape index (κ2) is 6.19. The van der Waals surface area contributed by atoms with Gasteiger partial charge in [0.15, 0.2) is 0 Å². The number of H-pyrrole nitrogens is 1. The van der Waals surface area contributed by atoms with E-state index >= 15 is 0 Å². The second-order valence-electron chi connectivity index (χ2n) is 4.70. The molecule has 7 heteroatoms. The van der Waals surface area contributed by atoms with Crippen LogP contribution in [0, 0.1) is 6.92 Å². The number of aromatic nitrogens is 2. The van der Waals surface area contributed by atoms with Crippen LogP contribution in [0.15, 0.2) is 30.3 Å². The largest absolute Gasteiger partial charge is 0.344 e. The van der Waals surface area contributed by atoms with Gasteiger partial charge in [-0.05, 0) is 37.6 Å². The van der Waals surface area contributed by atoms with Crippen molar-refractivity contribution in [2.75, 3.05) is 0 Å². The minimum atomic E-state index is -0.599. The molecule has 1 heterocycles. The first-order valence-electron chi connectivity index (χ1n) is 6.38. The number of nitrogens with zero attached hydrogens (tertiary/aromatic N) is 1. The van der Waals surface area contributed by atoms with Crippen LogP contribution in [0.1, 0.15) is 45.1 Å². The van der Waals surface area contributed by atoms with Gasteiger partial charge in [-0.2, -0.15) is 5.10 Å². The molecule has 4 N–H and O–H groups in total. The van der Waals surface area contributed by atoms with E-state index in [1.54, 1.807) is 42.7 Å². The van der Waals surface area contributed by atoms with Crippen molar-refractivity contribution < 1.29 is 14.8 Å². The van der Waals surface area contributed by atoms with Gasteiger partial charge in [0.05, 0.1) is 6.04 Å². The van der Waals surface area contributed by atoms with E-state index in [1.165, 1.54) is 0 Å². The summed E-state index contributed by atoms with van der Waals surface area (Å²) < 4.78 is 0. The Kier molecular flexibility index (Phi) is 4.34. The summed E-state index contributed by atoms with van der Waals surface area (Å²) in [6, 6.07) is 7.99. The highest BCUT2D eigenvalue weighted by Gasteiger charge is 2.15. The number of carbonyl (C=O) groups excluding carboxylic acids is 2. The summed E-state index contributed by atoms with van der Waals surface area (Å²) in [4.78, 5) is 23.4. The molecule has 0 spiro atoms. The van der Waals surface area contributed by atoms with E-state index in [9.17, 15) is 9.59 Å². The van der Waals surface area contributed by atoms with E-state index < -0.39 is 5.91 Å². The fourth-order valence-electron chi connectivity index (χ4n) is 1.90. The van der Waals surface area contributed by atoms with Gasteiger partial charge in [-0.3, -0.25) is 19.9 Å². The molecule has 7 nitrogen and oxygen atoms in total. The standard InChI is InChI=1S/C14H16N4O3/c1-8-6-12(17-16-8)14(20)15-9(2)10-4-3-5-11(7-10)13(19)18-21/h3-7,9,21H,1-2H3,(H,15,20)(H,16,17)(H,18,19). The highest BCUT2D eigenvalue weighted by molar-refractivity contribution is 5.94. The fourth-order valence-corrected chi connectivity index (χ4v) is 1.90. The van der Waals surface area contributed by atoms with Gasteiger partial charge in [0.1, 0.15) is 5.69 Å². The normalized spacial score (nSPS) is 11.8. The first-order chi connectivity index (χ1) is 10.0. The van der Waals surface area contributed by atoms with Gasteiger partial charge in [-0.25, -0.2) is 5.48 Å². The first kappa shape index (κ1) is 14.7. The molecule has 2 aromatic rings. The van der Waals surface area contributed by atoms with E-state index in [-0.39, 0.29) is 11.9 Å². The molecule has 0 aliphatic heterocycles. The van der Waals surface area contributed by atoms with Gasteiger partial charge >= 0.3 is 0 Å². The number of carbonyl (C=O) groups is 2. The van der Waals surface area contributed by atoms with Crippen LogP contribution in [0.2, 0.25) is 0 Å². The van der Waals surface area contributed by atoms with Gasteiger partial charge in [0.25, 0.3) is 11.8 Å². The molecule has 0 radical (unpaired) electrons. The summed E-state index contributed by atoms with van der Waals surface area (Å²) in [5.41, 5.74) is 3.74. The van der Waals surface area contributed by atoms with Gasteiger partial charge in [0, 0.05) is 11.3 Å². The van der Waals surface area contributed by atoms with Crippen LogP contribution in [-0.2, 0) is 0 Å². The molecule has 0 fully saturated rings. The highest BCUT2D eigenvalue weighted by atomic mass is 16.5. The van der Waals surface area contributed by atoms with Gasteiger partial charge in [-0.1, -0.05) is 12.1 Å². The van der Waals surface area contributed by atoms with Gasteiger partial charge in [0.2, 0.25) is 0 Å². The number of nitrogens with one attached hydrogen (secondary N) is 3. The zero-order chi connectivity index (χ0) is 15.4. The Balaban J connectivity index is 2.11. The molecule has 21 heavy (non-hydrogen) atoms. The number of rotatable bonds is 4. The molecule has 2 rings (SSSR count). The van der Waals surface area contributed by atoms with Crippen LogP contribution in [0.25, 0.3) is 0 Å². The Bertz CT molecular complexity index is 666. The van der Waals surface area contributed by atoms with Crippen LogP contribution in [0.3, 0.4) is 0 Å². The molecule has 0 saturated carbocycles. The maximum Gasteiger partial charge on any atom is 0.274 e. The van der Waals surface area contributed by atoms with E-state index in [0.717, 1.165) is 11.3 Å². The van der Waals surface area contributed by atoms with Gasteiger partial charge in [-0.15, -0.1) is 0 Å². The molecular weight excluding hydrogens is 272 g/mol. The van der Waals surface area contributed by atoms with Crippen molar-refractivity contribution in [2.24, 2.45) is 0 Å². The average Bonchev–Trinajstić information content (AvgIpc) is 2.93. The number of aryl methyl sites for hydroxylation is 1. The van der Waals surface area contributed by atoms with Gasteiger partial charge < -0.3 is 5.32 Å². The Morgan fingerprint density at radius 1 is 1.29 bits per heavy atom. The number of benzene rings is 1. The van der Waals surface area contributed by atoms with E-state index in [1.807, 2.05) is 6.92 Å². The summed E-state index contributed by atoms with van der Waals surface area (Å²) in [6.07, 6.45) is 0. The molecular formula is C14H16N4O3. The van der Waals surface area contributed by atoms with E-state index in [0.29, 0.717) is 11.3 Å². The van der Waals surface area contributed by atoms with E-state index in [4.69, 9.17) is 5.21 Å². The second-order valence-corrected chi connectivity index (χ2v) is 4.70. The molecule has 0 aliphatic carbocycles. The van der Waals surface area contributed by atoms with Crippen molar-refractivity contribution in [3.05, 3.63) is 52.8 Å². The summed E-state index contributed by atoms with van der Waals surface area (Å²) in [5.74, 6) is -0.901. The van der Waals surface area contributed by atoms with Crippen molar-refractivity contribution in [3.8, 4) is 0 Å². The van der Waals surface area contributed by atoms with Crippen LogP contribution in [-0.4, -0.2) is 27.2 Å². The Labute approximate surface area is 121 Å². The lowest BCUT2D eigenvalue weighted by molar-refractivity contribution is 0.0706. The minimum absolute atomic E-state index is 0.302. The third kappa shape index (κ3) is 3.46. The lowest BCUT2D eigenvalue weighted by Gasteiger charge is -2.14. The first-order valence-corrected chi connectivity index (χ1v) is 6.38. The average molecular weight is 288 g/mol. The lowest BCUT2D eigenvalue weighted by Crippen LogP contribution is -2.27. The topological polar surface area (TPSA) is 107 Å². The number of aromatic amines is 1. The summed E-state index contributed by atoms with van der Waals surface area (Å²) >= 11 is 0. The number of amides is 2. The molecule has 1 aromatic carbocycles. The third-order valence-corrected chi connectivity index (χ3v) is 3.04. The van der Waals surface area contributed by atoms with E-state index in [2.05, 4.69) is 15.5 Å². The predicted molar refractivity (Wildman–Crippen MR) is 74.9 cm³/mol. The Morgan fingerprint density at radius 2 is 2.05 bits per heavy atom. The Hall–Kier alpha value is -2.67. The number of hydrogen-bond acceptors (Lipinski definition) is 4. The number of hydroxylamine groups is 1. The molecule has 0 saturated heterocycles. The summed E-state index contributed by atoms with van der Waals surface area (Å²) in [5, 5.41) is 18.0. The van der Waals surface area contributed by atoms with Crippen LogP contribution >= 0.6 is 0 Å². The maximum atomic E-state index is 12.0. The van der Waals surface area contributed by atoms with Crippen LogP contribution in [0.5, 0.6) is 0 Å². The molecule has 0 aliphatic rings. The molecule has 1 aromatic heterocycles. The number of hydrogen-bond donors (Lipinski definition) is 4. The SMILES string of the molecule is Cc1cc(C(=O)NC(C)c2cccc(C(=O)NO)c2)n[nH]1. The minimum Gasteiger partial charge on any atom is -0.344 e. The maximum absolute atomic E-state index is 12.0. The zero-order valence-corrected chi connectivity index (χ0v) is 11.7. The highest BCUT2D eigenvalue weighted by Crippen LogP contribution is 2.15. The van der Waals surface area contributed by atoms with Crippen LogP contribution < -0.4 is 10.8 Å². The lowest BCUT2D eigenvalue weighted by atomic mass is 10.0. The van der Waals surface area contributed by atoms with Crippen molar-refractivity contribution in [3.63, 3.8) is 0 Å². The fraction of sp³-hybridized carbons (Fsp3) is 0.214. The molecule has 2 amide bonds. The van der Waals surface area contributed by atoms with Crippen molar-refractivity contribution in [2.45, 2.75) is 19.9 Å². The predicted octanol–water partition coefficient (Wildman–Crippen LogP) is 1.33. The monoisotopic (exact) mass is 288 g/mol. The molecule has 110 valence electrons. The smallest absolute Gasteiger partial charge is 0.274 e. The quantitative estimate of drug-likeness (QED) is 0.503. The van der Waals surface area contributed by atoms with Crippen molar-refractivity contribution in [1.29, 1.82) is 0 Å². The summed E-state index contributed by atoms with van der Waals surface area (Å²) in [7, 11) is 0. The molecule has 0 bridgehead atoms. The molecule has 1 unspecified atom stereocenters. The van der Waals surface area contributed by atoms with Crippen molar-refractivity contribution >= 4 is 11.8 Å². The Morgan fingerprint density at radius 3 is 2.67 bits per heavy atom. The third-order valence-electron chi connectivity index (χ3n) is 3.04. The summed E-state index contributed by atoms with van der Waals surface area (Å²) in [6.45, 7) is 3.61. The molecule has 1 atom stereocenters. The van der Waals surface area contributed by atoms with Crippen molar-refractivity contribution in [1.82, 2.24) is 21.0 Å². The van der Waals surface area contributed by atoms with Crippen LogP contribution in [0.4, 0.5) is 0 Å². The zero-order valence-electron chi connectivity index (χ0n) is 11.7.